The fraction of sp³-hybridized carbons (Fsp3) is 0.333. The fourth-order valence-corrected chi connectivity index (χ4v) is 2.55. The lowest BCUT2D eigenvalue weighted by atomic mass is 10.2. The standard InChI is InChI=1S/C15H18O4S/c1-11(19-12(2)16)14(9-10-15(17)18-3)20-13-7-5-4-6-8-13/h4-11,14H,1-3H3/b10-9+/t11-,14-/m0/s1. The topological polar surface area (TPSA) is 52.6 Å². The summed E-state index contributed by atoms with van der Waals surface area (Å²) in [6.45, 7) is 3.16. The van der Waals surface area contributed by atoms with Crippen LogP contribution >= 0.6 is 11.8 Å². The number of carbonyl (C=O) groups excluding carboxylic acids is 2. The molecule has 20 heavy (non-hydrogen) atoms. The molecule has 2 atom stereocenters. The summed E-state index contributed by atoms with van der Waals surface area (Å²) in [6, 6.07) is 9.72. The van der Waals surface area contributed by atoms with Gasteiger partial charge in [-0.1, -0.05) is 24.3 Å². The van der Waals surface area contributed by atoms with Crippen LogP contribution < -0.4 is 0 Å². The molecule has 108 valence electrons. The van der Waals surface area contributed by atoms with E-state index >= 15 is 0 Å². The van der Waals surface area contributed by atoms with Crippen molar-refractivity contribution in [3.05, 3.63) is 42.5 Å². The number of esters is 2. The van der Waals surface area contributed by atoms with Crippen molar-refractivity contribution in [3.8, 4) is 0 Å². The first-order valence-corrected chi connectivity index (χ1v) is 7.06. The minimum absolute atomic E-state index is 0.166. The maximum atomic E-state index is 11.2. The number of carbonyl (C=O) groups is 2. The molecule has 1 rings (SSSR count). The van der Waals surface area contributed by atoms with Crippen LogP contribution in [0.1, 0.15) is 13.8 Å². The van der Waals surface area contributed by atoms with Crippen LogP contribution in [0.3, 0.4) is 0 Å². The van der Waals surface area contributed by atoms with Gasteiger partial charge in [0.2, 0.25) is 0 Å². The Morgan fingerprint density at radius 3 is 2.45 bits per heavy atom. The Morgan fingerprint density at radius 2 is 1.90 bits per heavy atom. The molecule has 1 aromatic carbocycles. The summed E-state index contributed by atoms with van der Waals surface area (Å²) < 4.78 is 9.76. The summed E-state index contributed by atoms with van der Waals surface area (Å²) in [4.78, 5) is 23.3. The van der Waals surface area contributed by atoms with Gasteiger partial charge in [0.1, 0.15) is 6.10 Å². The molecular weight excluding hydrogens is 276 g/mol. The van der Waals surface area contributed by atoms with Crippen molar-refractivity contribution in [3.63, 3.8) is 0 Å². The smallest absolute Gasteiger partial charge is 0.330 e. The molecule has 0 saturated heterocycles. The Bertz CT molecular complexity index is 470. The molecule has 0 heterocycles. The molecule has 0 fully saturated rings. The first-order chi connectivity index (χ1) is 9.52. The molecule has 0 amide bonds. The third kappa shape index (κ3) is 5.93. The molecule has 0 aliphatic carbocycles. The van der Waals surface area contributed by atoms with Gasteiger partial charge in [0.25, 0.3) is 0 Å². The van der Waals surface area contributed by atoms with Gasteiger partial charge in [-0.25, -0.2) is 4.79 Å². The Balaban J connectivity index is 2.80. The predicted molar refractivity (Wildman–Crippen MR) is 78.5 cm³/mol. The zero-order valence-corrected chi connectivity index (χ0v) is 12.6. The number of thioether (sulfide) groups is 1. The van der Waals surface area contributed by atoms with Gasteiger partial charge in [-0.2, -0.15) is 0 Å². The van der Waals surface area contributed by atoms with Crippen molar-refractivity contribution in [1.29, 1.82) is 0 Å². The minimum atomic E-state index is -0.432. The molecule has 0 radical (unpaired) electrons. The predicted octanol–water partition coefficient (Wildman–Crippen LogP) is 2.83. The molecule has 0 unspecified atom stereocenters. The molecule has 0 aliphatic heterocycles. The van der Waals surface area contributed by atoms with Crippen molar-refractivity contribution in [2.24, 2.45) is 0 Å². The van der Waals surface area contributed by atoms with Gasteiger partial charge in [-0.15, -0.1) is 11.8 Å². The second-order valence-electron chi connectivity index (χ2n) is 4.09. The van der Waals surface area contributed by atoms with E-state index in [-0.39, 0.29) is 17.3 Å². The number of hydrogen-bond acceptors (Lipinski definition) is 5. The molecule has 5 heteroatoms. The van der Waals surface area contributed by atoms with Gasteiger partial charge >= 0.3 is 11.9 Å². The molecule has 1 aromatic rings. The number of methoxy groups -OCH3 is 1. The quantitative estimate of drug-likeness (QED) is 0.459. The van der Waals surface area contributed by atoms with Crippen molar-refractivity contribution < 1.29 is 19.1 Å². The lowest BCUT2D eigenvalue weighted by molar-refractivity contribution is -0.145. The van der Waals surface area contributed by atoms with E-state index in [0.29, 0.717) is 0 Å². The molecule has 0 aliphatic rings. The van der Waals surface area contributed by atoms with Crippen LogP contribution in [0.2, 0.25) is 0 Å². The molecule has 0 saturated carbocycles. The van der Waals surface area contributed by atoms with Crippen molar-refractivity contribution in [1.82, 2.24) is 0 Å². The zero-order chi connectivity index (χ0) is 15.0. The number of ether oxygens (including phenoxy) is 2. The summed E-state index contributed by atoms with van der Waals surface area (Å²) >= 11 is 1.52. The first-order valence-electron chi connectivity index (χ1n) is 6.18. The van der Waals surface area contributed by atoms with E-state index in [4.69, 9.17) is 4.74 Å². The van der Waals surface area contributed by atoms with Crippen molar-refractivity contribution >= 4 is 23.7 Å². The van der Waals surface area contributed by atoms with Gasteiger partial charge in [0, 0.05) is 17.9 Å². The van der Waals surface area contributed by atoms with Crippen LogP contribution in [-0.2, 0) is 19.1 Å². The third-order valence-corrected chi connectivity index (χ3v) is 3.81. The third-order valence-electron chi connectivity index (χ3n) is 2.45. The normalized spacial score (nSPS) is 13.8. The van der Waals surface area contributed by atoms with E-state index in [1.165, 1.54) is 31.9 Å². The van der Waals surface area contributed by atoms with Gasteiger partial charge in [0.15, 0.2) is 0 Å². The van der Waals surface area contributed by atoms with Crippen LogP contribution in [0, 0.1) is 0 Å². The maximum absolute atomic E-state index is 11.2. The highest BCUT2D eigenvalue weighted by Gasteiger charge is 2.19. The van der Waals surface area contributed by atoms with Gasteiger partial charge in [-0.3, -0.25) is 4.79 Å². The van der Waals surface area contributed by atoms with Crippen LogP contribution in [0.15, 0.2) is 47.4 Å². The lowest BCUT2D eigenvalue weighted by Crippen LogP contribution is -2.24. The Hall–Kier alpha value is -1.75. The Kier molecular flexibility index (Phi) is 6.87. The molecule has 4 nitrogen and oxygen atoms in total. The summed E-state index contributed by atoms with van der Waals surface area (Å²) in [6.07, 6.45) is 2.69. The van der Waals surface area contributed by atoms with E-state index in [2.05, 4.69) is 4.74 Å². The summed E-state index contributed by atoms with van der Waals surface area (Å²) in [5.41, 5.74) is 0. The van der Waals surface area contributed by atoms with E-state index in [1.54, 1.807) is 13.0 Å². The highest BCUT2D eigenvalue weighted by molar-refractivity contribution is 8.00. The highest BCUT2D eigenvalue weighted by Crippen LogP contribution is 2.27. The zero-order valence-electron chi connectivity index (χ0n) is 11.7. The van der Waals surface area contributed by atoms with E-state index in [9.17, 15) is 9.59 Å². The monoisotopic (exact) mass is 294 g/mol. The van der Waals surface area contributed by atoms with Crippen LogP contribution in [0.25, 0.3) is 0 Å². The van der Waals surface area contributed by atoms with E-state index in [1.807, 2.05) is 30.3 Å². The average Bonchev–Trinajstić information content (AvgIpc) is 2.43. The van der Waals surface area contributed by atoms with Crippen molar-refractivity contribution in [2.75, 3.05) is 7.11 Å². The van der Waals surface area contributed by atoms with E-state index in [0.717, 1.165) is 4.90 Å². The summed E-state index contributed by atoms with van der Waals surface area (Å²) in [7, 11) is 1.32. The van der Waals surface area contributed by atoms with E-state index < -0.39 is 5.97 Å². The summed E-state index contributed by atoms with van der Waals surface area (Å²) in [5.74, 6) is -0.777. The van der Waals surface area contributed by atoms with Gasteiger partial charge in [-0.05, 0) is 19.1 Å². The second kappa shape index (κ2) is 8.43. The largest absolute Gasteiger partial charge is 0.466 e. The molecule has 0 spiro atoms. The SMILES string of the molecule is COC(=O)/C=C/[C@H](Sc1ccccc1)[C@H](C)OC(C)=O. The molecular formula is C15H18O4S. The summed E-state index contributed by atoms with van der Waals surface area (Å²) in [5, 5.41) is -0.166. The Morgan fingerprint density at radius 1 is 1.25 bits per heavy atom. The number of hydrogen-bond donors (Lipinski definition) is 0. The highest BCUT2D eigenvalue weighted by atomic mass is 32.2. The molecule has 0 N–H and O–H groups in total. The van der Waals surface area contributed by atoms with Gasteiger partial charge < -0.3 is 9.47 Å². The second-order valence-corrected chi connectivity index (χ2v) is 5.34. The van der Waals surface area contributed by atoms with Crippen LogP contribution in [0.4, 0.5) is 0 Å². The minimum Gasteiger partial charge on any atom is -0.466 e. The maximum Gasteiger partial charge on any atom is 0.330 e. The van der Waals surface area contributed by atoms with Crippen molar-refractivity contribution in [2.45, 2.75) is 30.1 Å². The fourth-order valence-electron chi connectivity index (χ4n) is 1.52. The average molecular weight is 294 g/mol. The van der Waals surface area contributed by atoms with Crippen LogP contribution in [-0.4, -0.2) is 30.4 Å². The lowest BCUT2D eigenvalue weighted by Gasteiger charge is -2.20. The van der Waals surface area contributed by atoms with Gasteiger partial charge in [0.05, 0.1) is 12.4 Å². The molecule has 0 bridgehead atoms. The number of rotatable bonds is 6. The molecule has 0 aromatic heterocycles. The Labute approximate surface area is 123 Å². The first kappa shape index (κ1) is 16.3. The number of benzene rings is 1. The van der Waals surface area contributed by atoms with Crippen LogP contribution in [0.5, 0.6) is 0 Å².